The number of phenols is 1. The van der Waals surface area contributed by atoms with Crippen LogP contribution in [0, 0.1) is 0 Å². The fraction of sp³-hybridized carbons (Fsp3) is 0.433. The number of nitrogens with one attached hydrogen (secondary N) is 5. The molecule has 5 amide bonds. The summed E-state index contributed by atoms with van der Waals surface area (Å²) in [6.45, 7) is 3.12. The van der Waals surface area contributed by atoms with Crippen LogP contribution in [0.5, 0.6) is 5.75 Å². The number of hydrogen-bond donors (Lipinski definition) is 7. The Morgan fingerprint density at radius 2 is 1.36 bits per heavy atom. The summed E-state index contributed by atoms with van der Waals surface area (Å²) in [6.07, 6.45) is 2.74. The molecule has 0 radical (unpaired) electrons. The van der Waals surface area contributed by atoms with Gasteiger partial charge in [0.1, 0.15) is 17.8 Å². The van der Waals surface area contributed by atoms with Gasteiger partial charge in [-0.05, 0) is 48.1 Å². The van der Waals surface area contributed by atoms with Crippen LogP contribution in [-0.2, 0) is 54.0 Å². The van der Waals surface area contributed by atoms with Gasteiger partial charge in [-0.1, -0.05) is 50.2 Å². The predicted molar refractivity (Wildman–Crippen MR) is 166 cm³/mol. The molecule has 0 aliphatic carbocycles. The van der Waals surface area contributed by atoms with Crippen molar-refractivity contribution in [1.29, 1.82) is 0 Å². The van der Waals surface area contributed by atoms with Crippen LogP contribution in [0.3, 0.4) is 0 Å². The molecule has 13 nitrogen and oxygen atoms in total. The van der Waals surface area contributed by atoms with Crippen molar-refractivity contribution in [2.45, 2.75) is 64.1 Å². The molecule has 2 aromatic carbocycles. The quantitative estimate of drug-likeness (QED) is 0.120. The van der Waals surface area contributed by atoms with Crippen LogP contribution in [-0.4, -0.2) is 75.5 Å². The largest absolute Gasteiger partial charge is 0.508 e. The fourth-order valence-corrected chi connectivity index (χ4v) is 4.58. The van der Waals surface area contributed by atoms with E-state index in [-0.39, 0.29) is 37.2 Å². The molecule has 0 aromatic heterocycles. The fourth-order valence-electron chi connectivity index (χ4n) is 4.01. The van der Waals surface area contributed by atoms with Gasteiger partial charge in [0, 0.05) is 35.6 Å². The lowest BCUT2D eigenvalue weighted by Gasteiger charge is -2.22. The lowest BCUT2D eigenvalue weighted by atomic mass is 10.0. The second-order valence-electron chi connectivity index (χ2n) is 10.2. The van der Waals surface area contributed by atoms with Gasteiger partial charge in [0.15, 0.2) is 0 Å². The van der Waals surface area contributed by atoms with Crippen LogP contribution in [0.15, 0.2) is 48.5 Å². The molecule has 240 valence electrons. The van der Waals surface area contributed by atoms with Gasteiger partial charge in [-0.25, -0.2) is 0 Å². The summed E-state index contributed by atoms with van der Waals surface area (Å²) >= 11 is 0. The number of carbonyl (C=O) groups is 5. The van der Waals surface area contributed by atoms with E-state index in [1.807, 2.05) is 31.2 Å². The number of hydrogen-bond acceptors (Lipinski definition) is 8. The Labute approximate surface area is 259 Å². The van der Waals surface area contributed by atoms with Crippen molar-refractivity contribution in [1.82, 2.24) is 26.8 Å². The topological polar surface area (TPSA) is 209 Å². The third-order valence-corrected chi connectivity index (χ3v) is 7.46. The molecule has 1 unspecified atom stereocenters. The van der Waals surface area contributed by atoms with E-state index in [9.17, 15) is 33.3 Å². The molecular formula is C30H42N6O7S. The molecule has 2 rings (SSSR count). The minimum absolute atomic E-state index is 0.0319. The van der Waals surface area contributed by atoms with Gasteiger partial charge in [-0.15, -0.1) is 0 Å². The zero-order valence-corrected chi connectivity index (χ0v) is 26.0. The molecule has 4 atom stereocenters. The van der Waals surface area contributed by atoms with Crippen molar-refractivity contribution in [2.75, 3.05) is 18.6 Å². The van der Waals surface area contributed by atoms with Gasteiger partial charge in [0.05, 0.1) is 12.6 Å². The zero-order valence-electron chi connectivity index (χ0n) is 25.2. The Morgan fingerprint density at radius 3 is 1.95 bits per heavy atom. The first-order valence-corrected chi connectivity index (χ1v) is 16.0. The van der Waals surface area contributed by atoms with Gasteiger partial charge >= 0.3 is 0 Å². The third kappa shape index (κ3) is 12.9. The van der Waals surface area contributed by atoms with Crippen LogP contribution in [0.2, 0.25) is 0 Å². The Morgan fingerprint density at radius 1 is 0.773 bits per heavy atom. The Hall–Kier alpha value is -4.30. The number of hydrazine groups is 1. The maximum atomic E-state index is 13.0. The first-order chi connectivity index (χ1) is 20.9. The van der Waals surface area contributed by atoms with Gasteiger partial charge in [0.2, 0.25) is 23.6 Å². The molecule has 0 aliphatic rings. The van der Waals surface area contributed by atoms with E-state index in [1.165, 1.54) is 18.4 Å². The number of aromatic hydroxyl groups is 1. The van der Waals surface area contributed by atoms with Crippen LogP contribution < -0.4 is 32.5 Å². The average Bonchev–Trinajstić information content (AvgIpc) is 3.01. The Kier molecular flexibility index (Phi) is 15.0. The van der Waals surface area contributed by atoms with E-state index in [4.69, 9.17) is 5.73 Å². The van der Waals surface area contributed by atoms with Crippen molar-refractivity contribution in [2.24, 2.45) is 5.73 Å². The summed E-state index contributed by atoms with van der Waals surface area (Å²) in [7, 11) is -1.26. The minimum atomic E-state index is -1.26. The second-order valence-corrected chi connectivity index (χ2v) is 11.8. The van der Waals surface area contributed by atoms with Crippen LogP contribution in [0.25, 0.3) is 0 Å². The summed E-state index contributed by atoms with van der Waals surface area (Å²) in [5, 5.41) is 17.0. The van der Waals surface area contributed by atoms with E-state index in [2.05, 4.69) is 26.8 Å². The van der Waals surface area contributed by atoms with Crippen molar-refractivity contribution >= 4 is 40.3 Å². The molecular weight excluding hydrogens is 588 g/mol. The SMILES string of the molecule is CCC(=O)NNC(=O)[C@H](Cc1ccc(CC)cc1)NC(=O)CNC(=O)[C@@H](CCS(C)=O)NC(=O)[C@@H](N)Cc1ccc(O)cc1. The zero-order chi connectivity index (χ0) is 32.6. The molecule has 2 aromatic rings. The molecule has 0 aliphatic heterocycles. The highest BCUT2D eigenvalue weighted by Crippen LogP contribution is 2.11. The number of benzene rings is 2. The van der Waals surface area contributed by atoms with Crippen molar-refractivity contribution in [3.8, 4) is 5.75 Å². The lowest BCUT2D eigenvalue weighted by Crippen LogP contribution is -2.56. The number of aryl methyl sites for hydroxylation is 1. The van der Waals surface area contributed by atoms with E-state index in [0.29, 0.717) is 5.56 Å². The molecule has 44 heavy (non-hydrogen) atoms. The van der Waals surface area contributed by atoms with Gasteiger partial charge < -0.3 is 26.8 Å². The number of phenolic OH excluding ortho intramolecular Hbond substituents is 1. The number of carbonyl (C=O) groups excluding carboxylic acids is 5. The smallest absolute Gasteiger partial charge is 0.261 e. The van der Waals surface area contributed by atoms with E-state index < -0.39 is 65.0 Å². The van der Waals surface area contributed by atoms with Crippen molar-refractivity contribution in [3.63, 3.8) is 0 Å². The average molecular weight is 631 g/mol. The Balaban J connectivity index is 2.04. The van der Waals surface area contributed by atoms with Crippen LogP contribution in [0.1, 0.15) is 43.4 Å². The van der Waals surface area contributed by atoms with Crippen molar-refractivity contribution < 1.29 is 33.3 Å². The highest BCUT2D eigenvalue weighted by atomic mass is 32.2. The van der Waals surface area contributed by atoms with E-state index in [1.54, 1.807) is 19.1 Å². The molecule has 0 saturated heterocycles. The molecule has 0 saturated carbocycles. The monoisotopic (exact) mass is 630 g/mol. The number of nitrogens with two attached hydrogens (primary N) is 1. The highest BCUT2D eigenvalue weighted by Gasteiger charge is 2.26. The molecule has 0 bridgehead atoms. The number of rotatable bonds is 16. The predicted octanol–water partition coefficient (Wildman–Crippen LogP) is -0.521. The standard InChI is InChI=1S/C30H42N6O7S/c1-4-19-6-8-21(9-7-19)17-25(30(42)36-35-26(38)5-2)33-27(39)18-32-29(41)24(14-15-44(3)43)34-28(40)23(31)16-20-10-12-22(37)13-11-20/h6-13,23-25,37H,4-5,14-18,31H2,1-3H3,(H,32,41)(H,33,39)(H,34,40)(H,35,38)(H,36,42)/t23-,24+,25-,44?/m0/s1. The molecule has 0 heterocycles. The highest BCUT2D eigenvalue weighted by molar-refractivity contribution is 7.84. The minimum Gasteiger partial charge on any atom is -0.508 e. The van der Waals surface area contributed by atoms with Crippen LogP contribution >= 0.6 is 0 Å². The summed E-state index contributed by atoms with van der Waals surface area (Å²) < 4.78 is 11.7. The third-order valence-electron chi connectivity index (χ3n) is 6.65. The first-order valence-electron chi connectivity index (χ1n) is 14.3. The lowest BCUT2D eigenvalue weighted by molar-refractivity contribution is -0.133. The molecule has 0 spiro atoms. The maximum Gasteiger partial charge on any atom is 0.261 e. The van der Waals surface area contributed by atoms with Gasteiger partial charge in [-0.3, -0.25) is 39.0 Å². The summed E-state index contributed by atoms with van der Waals surface area (Å²) in [4.78, 5) is 63.1. The molecule has 14 heteroatoms. The molecule has 0 fully saturated rings. The van der Waals surface area contributed by atoms with E-state index in [0.717, 1.165) is 17.5 Å². The summed E-state index contributed by atoms with van der Waals surface area (Å²) in [6, 6.07) is 10.5. The normalized spacial score (nSPS) is 13.5. The Bertz CT molecular complexity index is 1300. The molecule has 8 N–H and O–H groups in total. The summed E-state index contributed by atoms with van der Waals surface area (Å²) in [5.74, 6) is -2.87. The van der Waals surface area contributed by atoms with Gasteiger partial charge in [0.25, 0.3) is 5.91 Å². The maximum absolute atomic E-state index is 13.0. The van der Waals surface area contributed by atoms with E-state index >= 15 is 0 Å². The second kappa shape index (κ2) is 18.4. The van der Waals surface area contributed by atoms with Gasteiger partial charge in [-0.2, -0.15) is 0 Å². The summed E-state index contributed by atoms with van der Waals surface area (Å²) in [5.41, 5.74) is 13.2. The van der Waals surface area contributed by atoms with Crippen LogP contribution in [0.4, 0.5) is 0 Å². The number of amides is 5. The first kappa shape index (κ1) is 35.9. The van der Waals surface area contributed by atoms with Crippen molar-refractivity contribution in [3.05, 3.63) is 65.2 Å².